The van der Waals surface area contributed by atoms with Gasteiger partial charge in [0.2, 0.25) is 0 Å². The van der Waals surface area contributed by atoms with Gasteiger partial charge >= 0.3 is 0 Å². The number of carbonyl (C=O) groups is 1. The Morgan fingerprint density at radius 2 is 1.84 bits per heavy atom. The van der Waals surface area contributed by atoms with E-state index in [1.54, 1.807) is 13.0 Å². The van der Waals surface area contributed by atoms with Crippen molar-refractivity contribution in [3.63, 3.8) is 0 Å². The molecular weight excluding hydrogens is 536 g/mol. The number of amides is 1. The summed E-state index contributed by atoms with van der Waals surface area (Å²) in [6, 6.07) is 7.01. The van der Waals surface area contributed by atoms with Gasteiger partial charge < -0.3 is 15.4 Å². The van der Waals surface area contributed by atoms with Gasteiger partial charge in [0.1, 0.15) is 28.6 Å². The molecule has 3 N–H and O–H groups in total. The predicted molar refractivity (Wildman–Crippen MR) is 146 cm³/mol. The van der Waals surface area contributed by atoms with E-state index in [1.165, 1.54) is 52.5 Å². The quantitative estimate of drug-likeness (QED) is 0.237. The maximum Gasteiger partial charge on any atom is 0.259 e. The first-order valence-electron chi connectivity index (χ1n) is 12.1. The van der Waals surface area contributed by atoms with Crippen LogP contribution in [0.3, 0.4) is 0 Å². The van der Waals surface area contributed by atoms with Crippen molar-refractivity contribution in [3.05, 3.63) is 74.0 Å². The Balaban J connectivity index is 0.00000164. The van der Waals surface area contributed by atoms with Crippen LogP contribution in [0.25, 0.3) is 5.69 Å². The predicted octanol–water partition coefficient (Wildman–Crippen LogP) is 6.57. The summed E-state index contributed by atoms with van der Waals surface area (Å²) >= 11 is 7.56. The lowest BCUT2D eigenvalue weighted by Crippen LogP contribution is -2.31. The highest BCUT2D eigenvalue weighted by Crippen LogP contribution is 2.39. The van der Waals surface area contributed by atoms with Crippen LogP contribution in [0.2, 0.25) is 5.02 Å². The van der Waals surface area contributed by atoms with Crippen LogP contribution >= 0.6 is 23.3 Å². The third kappa shape index (κ3) is 5.63. The number of nitrogens with zero attached hydrogens (tertiary/aromatic N) is 2. The van der Waals surface area contributed by atoms with E-state index in [2.05, 4.69) is 15.1 Å². The molecule has 0 spiro atoms. The van der Waals surface area contributed by atoms with E-state index in [9.17, 15) is 18.4 Å². The Morgan fingerprint density at radius 1 is 1.16 bits per heavy atom. The molecule has 0 unspecified atom stereocenters. The molecule has 2 heterocycles. The summed E-state index contributed by atoms with van der Waals surface area (Å²) in [5, 5.41) is 5.85. The molecule has 1 aliphatic rings. The van der Waals surface area contributed by atoms with Gasteiger partial charge in [-0.15, -0.1) is 0 Å². The number of ether oxygens (including phenoxy) is 1. The van der Waals surface area contributed by atoms with Crippen molar-refractivity contribution in [2.24, 2.45) is 7.05 Å². The molecular formula is C26H28ClF2N5O3S. The number of carbonyl (C=O) groups excluding carboxylic acids is 1. The molecule has 2 aromatic carbocycles. The summed E-state index contributed by atoms with van der Waals surface area (Å²) < 4.78 is 40.9. The molecule has 1 fully saturated rings. The summed E-state index contributed by atoms with van der Waals surface area (Å²) in [4.78, 5) is 26.5. The average molecular weight is 564 g/mol. The van der Waals surface area contributed by atoms with E-state index >= 15 is 0 Å². The molecule has 0 atom stereocenters. The van der Waals surface area contributed by atoms with E-state index < -0.39 is 23.1 Å². The summed E-state index contributed by atoms with van der Waals surface area (Å²) in [6.07, 6.45) is 1.64. The number of benzene rings is 2. The fraction of sp³-hybridized carbons (Fsp3) is 0.308. The van der Waals surface area contributed by atoms with Crippen molar-refractivity contribution in [1.82, 2.24) is 18.4 Å². The monoisotopic (exact) mass is 563 g/mol. The fourth-order valence-corrected chi connectivity index (χ4v) is 4.29. The van der Waals surface area contributed by atoms with Crippen molar-refractivity contribution in [1.29, 1.82) is 0 Å². The van der Waals surface area contributed by atoms with Crippen LogP contribution in [-0.4, -0.2) is 25.1 Å². The maximum atomic E-state index is 14.7. The number of aromatic amines is 1. The molecule has 202 valence electrons. The van der Waals surface area contributed by atoms with Gasteiger partial charge in [-0.05, 0) is 50.5 Å². The van der Waals surface area contributed by atoms with Crippen LogP contribution in [0.5, 0.6) is 11.5 Å². The van der Waals surface area contributed by atoms with Crippen LogP contribution in [0.1, 0.15) is 48.2 Å². The number of nitrogens with one attached hydrogen (secondary N) is 3. The van der Waals surface area contributed by atoms with Crippen molar-refractivity contribution in [2.75, 3.05) is 5.32 Å². The Morgan fingerprint density at radius 3 is 2.45 bits per heavy atom. The first kappa shape index (κ1) is 27.5. The highest BCUT2D eigenvalue weighted by atomic mass is 35.5. The number of pyridine rings is 1. The second-order valence-corrected chi connectivity index (χ2v) is 9.85. The van der Waals surface area contributed by atoms with E-state index in [0.29, 0.717) is 5.56 Å². The molecule has 1 amide bonds. The van der Waals surface area contributed by atoms with Crippen LogP contribution in [0.15, 0.2) is 35.1 Å². The minimum absolute atomic E-state index is 0.00948. The molecule has 5 rings (SSSR count). The topological polar surface area (TPSA) is 93.1 Å². The molecule has 2 aromatic heterocycles. The van der Waals surface area contributed by atoms with Gasteiger partial charge in [-0.2, -0.15) is 4.07 Å². The van der Waals surface area contributed by atoms with Gasteiger partial charge in [0.15, 0.2) is 11.6 Å². The first-order valence-corrected chi connectivity index (χ1v) is 13.3. The Labute approximate surface area is 227 Å². The maximum absolute atomic E-state index is 14.7. The van der Waals surface area contributed by atoms with Crippen LogP contribution < -0.4 is 20.9 Å². The lowest BCUT2D eigenvalue weighted by atomic mass is 10.1. The van der Waals surface area contributed by atoms with Gasteiger partial charge in [-0.25, -0.2) is 13.3 Å². The zero-order valence-corrected chi connectivity index (χ0v) is 23.1. The number of aryl methyl sites for hydroxylation is 1. The molecule has 1 saturated carbocycles. The number of halogens is 3. The summed E-state index contributed by atoms with van der Waals surface area (Å²) in [5.74, 6) is -1.83. The highest BCUT2D eigenvalue weighted by molar-refractivity contribution is 7.04. The smallest absolute Gasteiger partial charge is 0.259 e. The fourth-order valence-electron chi connectivity index (χ4n) is 3.71. The Bertz CT molecular complexity index is 1540. The first-order chi connectivity index (χ1) is 18.1. The largest absolute Gasteiger partial charge is 0.454 e. The van der Waals surface area contributed by atoms with Crippen molar-refractivity contribution in [2.45, 2.75) is 46.6 Å². The number of hydrogen-bond donors (Lipinski definition) is 3. The second-order valence-electron chi connectivity index (χ2n) is 8.71. The average Bonchev–Trinajstić information content (AvgIpc) is 3.81. The normalized spacial score (nSPS) is 12.6. The van der Waals surface area contributed by atoms with E-state index in [1.807, 2.05) is 13.8 Å². The lowest BCUT2D eigenvalue weighted by Gasteiger charge is -2.21. The molecule has 0 aliphatic heterocycles. The van der Waals surface area contributed by atoms with Gasteiger partial charge in [0, 0.05) is 19.2 Å². The van der Waals surface area contributed by atoms with E-state index in [0.717, 1.165) is 18.9 Å². The second kappa shape index (κ2) is 11.0. The van der Waals surface area contributed by atoms with Crippen LogP contribution in [0.4, 0.5) is 20.3 Å². The van der Waals surface area contributed by atoms with Crippen molar-refractivity contribution < 1.29 is 18.3 Å². The number of aromatic nitrogens is 3. The Kier molecular flexibility index (Phi) is 7.98. The zero-order valence-electron chi connectivity index (χ0n) is 21.5. The third-order valence-corrected chi connectivity index (χ3v) is 6.75. The van der Waals surface area contributed by atoms with Gasteiger partial charge in [0.05, 0.1) is 28.0 Å². The Hall–Kier alpha value is -3.57. The third-order valence-electron chi connectivity index (χ3n) is 5.90. The number of H-pyrrole nitrogens is 1. The minimum Gasteiger partial charge on any atom is -0.454 e. The molecule has 4 aromatic rings. The zero-order chi connectivity index (χ0) is 27.7. The molecule has 1 aliphatic carbocycles. The standard InChI is InChI=1S/C24H22ClF2N5O3S.C2H6/c1-11-4-7-17(15(26)8-11)29-22-20(23(33)28-13-5-6-13)21(12(2)24(34)31(22)3)35-19-10-16(27)18(9-14(19)25)32-30-36-32;1-2/h4,7-10,13,29-30H,5-6H2,1-3H3,(H,28,33);1-2H3. The van der Waals surface area contributed by atoms with Crippen LogP contribution in [0, 0.1) is 25.5 Å². The molecule has 8 nitrogen and oxygen atoms in total. The van der Waals surface area contributed by atoms with Crippen molar-refractivity contribution >= 4 is 40.7 Å². The van der Waals surface area contributed by atoms with Gasteiger partial charge in [-0.1, -0.05) is 31.5 Å². The van der Waals surface area contributed by atoms with Gasteiger partial charge in [-0.3, -0.25) is 14.2 Å². The lowest BCUT2D eigenvalue weighted by molar-refractivity contribution is 0.0948. The molecule has 38 heavy (non-hydrogen) atoms. The molecule has 0 bridgehead atoms. The van der Waals surface area contributed by atoms with Crippen LogP contribution in [-0.2, 0) is 7.05 Å². The molecule has 0 radical (unpaired) electrons. The number of hydrogen-bond acceptors (Lipinski definition) is 5. The molecule has 0 saturated heterocycles. The summed E-state index contributed by atoms with van der Waals surface area (Å²) in [5.41, 5.74) is 0.593. The van der Waals surface area contributed by atoms with E-state index in [-0.39, 0.29) is 50.9 Å². The summed E-state index contributed by atoms with van der Waals surface area (Å²) in [6.45, 7) is 7.25. The van der Waals surface area contributed by atoms with Gasteiger partial charge in [0.25, 0.3) is 11.5 Å². The number of rotatable bonds is 7. The number of anilines is 2. The summed E-state index contributed by atoms with van der Waals surface area (Å²) in [7, 11) is 1.47. The SMILES string of the molecule is CC.Cc1ccc(Nc2c(C(=O)NC3CC3)c(Oc3cc(F)c(-n4[nH]s4)cc3Cl)c(C)c(=O)n2C)c(F)c1. The van der Waals surface area contributed by atoms with E-state index in [4.69, 9.17) is 16.3 Å². The minimum atomic E-state index is -0.613. The van der Waals surface area contributed by atoms with Crippen molar-refractivity contribution in [3.8, 4) is 17.2 Å². The highest BCUT2D eigenvalue weighted by Gasteiger charge is 2.31. The molecule has 12 heteroatoms.